The van der Waals surface area contributed by atoms with E-state index in [-0.39, 0.29) is 6.61 Å². The SMILES string of the molecule is CSCCSOCCOCCOCCOCCOCCOCCOCCOCCOCCOCCO. The van der Waals surface area contributed by atoms with Crippen LogP contribution in [0.4, 0.5) is 0 Å². The molecule has 0 spiro atoms. The predicted molar refractivity (Wildman–Crippen MR) is 141 cm³/mol. The fourth-order valence-corrected chi connectivity index (χ4v) is 3.50. The summed E-state index contributed by atoms with van der Waals surface area (Å²) in [6.07, 6.45) is 2.08. The van der Waals surface area contributed by atoms with Crippen molar-refractivity contribution in [1.29, 1.82) is 0 Å². The maximum atomic E-state index is 8.55. The molecule has 1 N–H and O–H groups in total. The summed E-state index contributed by atoms with van der Waals surface area (Å²) in [5.74, 6) is 2.10. The van der Waals surface area contributed by atoms with Crippen LogP contribution in [0.5, 0.6) is 0 Å². The molecule has 0 fully saturated rings. The maximum absolute atomic E-state index is 8.55. The zero-order valence-electron chi connectivity index (χ0n) is 21.9. The van der Waals surface area contributed by atoms with Gasteiger partial charge < -0.3 is 51.9 Å². The fourth-order valence-electron chi connectivity index (χ4n) is 2.25. The predicted octanol–water partition coefficient (Wildman–Crippen LogP) is 1.16. The summed E-state index contributed by atoms with van der Waals surface area (Å²) in [4.78, 5) is 0. The van der Waals surface area contributed by atoms with Crippen LogP contribution in [0.2, 0.25) is 0 Å². The molecule has 0 heterocycles. The van der Waals surface area contributed by atoms with Crippen molar-refractivity contribution < 1.29 is 51.9 Å². The first-order valence-electron chi connectivity index (χ1n) is 12.5. The average molecular weight is 565 g/mol. The van der Waals surface area contributed by atoms with E-state index in [1.807, 2.05) is 11.8 Å². The van der Waals surface area contributed by atoms with Crippen molar-refractivity contribution in [3.8, 4) is 0 Å². The normalized spacial score (nSPS) is 11.5. The van der Waals surface area contributed by atoms with Crippen LogP contribution in [-0.4, -0.2) is 155 Å². The zero-order chi connectivity index (χ0) is 26.0. The Kier molecular flexibility index (Phi) is 35.5. The van der Waals surface area contributed by atoms with Gasteiger partial charge in [-0.3, -0.25) is 0 Å². The molecule has 0 atom stereocenters. The van der Waals surface area contributed by atoms with Crippen LogP contribution in [0.3, 0.4) is 0 Å². The largest absolute Gasteiger partial charge is 0.394 e. The molecule has 0 aliphatic carbocycles. The highest BCUT2D eigenvalue weighted by atomic mass is 32.2. The van der Waals surface area contributed by atoms with Gasteiger partial charge in [-0.15, -0.1) is 0 Å². The third-order valence-corrected chi connectivity index (χ3v) is 5.55. The molecule has 0 aromatic rings. The summed E-state index contributed by atoms with van der Waals surface area (Å²) in [5, 5.41) is 8.55. The highest BCUT2D eigenvalue weighted by Crippen LogP contribution is 2.05. The molecule has 0 aliphatic heterocycles. The number of aliphatic hydroxyl groups excluding tert-OH is 1. The Hall–Kier alpha value is 0.260. The van der Waals surface area contributed by atoms with Crippen molar-refractivity contribution in [2.24, 2.45) is 0 Å². The average Bonchev–Trinajstić information content (AvgIpc) is 2.89. The molecule has 0 amide bonds. The maximum Gasteiger partial charge on any atom is 0.0847 e. The third kappa shape index (κ3) is 34.3. The molecule has 0 aromatic carbocycles. The minimum atomic E-state index is 0.0296. The minimum absolute atomic E-state index is 0.0296. The molecule has 0 unspecified atom stereocenters. The van der Waals surface area contributed by atoms with Crippen LogP contribution < -0.4 is 0 Å². The summed E-state index contributed by atoms with van der Waals surface area (Å²) in [6, 6.07) is 0. The second kappa shape index (κ2) is 35.3. The Morgan fingerprint density at radius 1 is 0.389 bits per heavy atom. The Morgan fingerprint density at radius 2 is 0.667 bits per heavy atom. The van der Waals surface area contributed by atoms with Gasteiger partial charge in [-0.1, -0.05) is 0 Å². The van der Waals surface area contributed by atoms with E-state index in [1.165, 1.54) is 12.0 Å². The number of hydrogen-bond acceptors (Lipinski definition) is 13. The molecule has 0 radical (unpaired) electrons. The number of thioether (sulfide) groups is 1. The van der Waals surface area contributed by atoms with Crippen molar-refractivity contribution in [2.75, 3.05) is 150 Å². The van der Waals surface area contributed by atoms with E-state index in [4.69, 9.17) is 51.9 Å². The Bertz CT molecular complexity index is 354. The van der Waals surface area contributed by atoms with E-state index < -0.39 is 0 Å². The van der Waals surface area contributed by atoms with Gasteiger partial charge in [-0.25, -0.2) is 0 Å². The van der Waals surface area contributed by atoms with Crippen molar-refractivity contribution in [1.82, 2.24) is 0 Å². The van der Waals surface area contributed by atoms with E-state index in [0.29, 0.717) is 126 Å². The molecule has 11 nitrogen and oxygen atoms in total. The van der Waals surface area contributed by atoms with Gasteiger partial charge in [0, 0.05) is 11.5 Å². The molecule has 218 valence electrons. The fraction of sp³-hybridized carbons (Fsp3) is 1.00. The van der Waals surface area contributed by atoms with Gasteiger partial charge in [-0.2, -0.15) is 11.8 Å². The molecular formula is C23H48O11S2. The molecule has 0 saturated carbocycles. The van der Waals surface area contributed by atoms with Crippen LogP contribution in [0.25, 0.3) is 0 Å². The smallest absolute Gasteiger partial charge is 0.0847 e. The van der Waals surface area contributed by atoms with Crippen molar-refractivity contribution in [2.45, 2.75) is 0 Å². The summed E-state index contributed by atoms with van der Waals surface area (Å²) < 4.78 is 53.8. The van der Waals surface area contributed by atoms with E-state index in [1.54, 1.807) is 0 Å². The molecule has 13 heteroatoms. The van der Waals surface area contributed by atoms with Crippen LogP contribution >= 0.6 is 23.8 Å². The lowest BCUT2D eigenvalue weighted by molar-refractivity contribution is -0.0258. The van der Waals surface area contributed by atoms with Crippen molar-refractivity contribution >= 4 is 23.8 Å². The summed E-state index contributed by atoms with van der Waals surface area (Å²) in [5.41, 5.74) is 0. The first-order valence-corrected chi connectivity index (χ1v) is 14.8. The van der Waals surface area contributed by atoms with Crippen LogP contribution in [-0.2, 0) is 46.8 Å². The summed E-state index contributed by atoms with van der Waals surface area (Å²) >= 11 is 3.30. The highest BCUT2D eigenvalue weighted by molar-refractivity contribution is 8.00. The minimum Gasteiger partial charge on any atom is -0.394 e. The van der Waals surface area contributed by atoms with Crippen LogP contribution in [0.1, 0.15) is 0 Å². The van der Waals surface area contributed by atoms with Crippen molar-refractivity contribution in [3.63, 3.8) is 0 Å². The Labute approximate surface area is 225 Å². The summed E-state index contributed by atoms with van der Waals surface area (Å²) in [6.45, 7) is 9.85. The quantitative estimate of drug-likeness (QED) is 0.0909. The molecule has 0 aromatic heterocycles. The first-order chi connectivity index (χ1) is 17.9. The van der Waals surface area contributed by atoms with E-state index in [2.05, 4.69) is 6.26 Å². The van der Waals surface area contributed by atoms with Gasteiger partial charge in [-0.05, 0) is 18.3 Å². The molecule has 0 aliphatic rings. The van der Waals surface area contributed by atoms with Crippen LogP contribution in [0, 0.1) is 0 Å². The monoisotopic (exact) mass is 564 g/mol. The standard InChI is InChI=1S/C23H48O11S2/c1-35-22-23-36-34-21-20-33-19-18-32-17-16-31-15-14-30-13-12-29-11-10-28-9-8-27-7-6-26-5-4-25-3-2-24/h24H,2-23H2,1H3. The number of hydrogen-bond donors (Lipinski definition) is 1. The van der Waals surface area contributed by atoms with Crippen molar-refractivity contribution in [3.05, 3.63) is 0 Å². The topological polar surface area (TPSA) is 113 Å². The third-order valence-electron chi connectivity index (χ3n) is 3.98. The highest BCUT2D eigenvalue weighted by Gasteiger charge is 1.96. The molecule has 0 rings (SSSR count). The van der Waals surface area contributed by atoms with E-state index in [0.717, 1.165) is 11.5 Å². The van der Waals surface area contributed by atoms with Gasteiger partial charge in [0.2, 0.25) is 0 Å². The molecule has 0 bridgehead atoms. The van der Waals surface area contributed by atoms with Crippen LogP contribution in [0.15, 0.2) is 0 Å². The van der Waals surface area contributed by atoms with E-state index in [9.17, 15) is 0 Å². The molecule has 36 heavy (non-hydrogen) atoms. The molecule has 0 saturated heterocycles. The Balaban J connectivity index is 3.00. The first kappa shape index (κ1) is 36.3. The van der Waals surface area contributed by atoms with E-state index >= 15 is 0 Å². The number of ether oxygens (including phenoxy) is 9. The van der Waals surface area contributed by atoms with Gasteiger partial charge in [0.1, 0.15) is 0 Å². The second-order valence-corrected chi connectivity index (χ2v) is 8.74. The van der Waals surface area contributed by atoms with Gasteiger partial charge >= 0.3 is 0 Å². The summed E-state index contributed by atoms with van der Waals surface area (Å²) in [7, 11) is 0. The number of rotatable bonds is 33. The molecular weight excluding hydrogens is 516 g/mol. The lowest BCUT2D eigenvalue weighted by atomic mass is 10.6. The lowest BCUT2D eigenvalue weighted by Crippen LogP contribution is -2.15. The number of aliphatic hydroxyl groups is 1. The zero-order valence-corrected chi connectivity index (χ0v) is 23.5. The van der Waals surface area contributed by atoms with Gasteiger partial charge in [0.15, 0.2) is 0 Å². The van der Waals surface area contributed by atoms with Gasteiger partial charge in [0.25, 0.3) is 0 Å². The second-order valence-electron chi connectivity index (χ2n) is 6.87. The van der Waals surface area contributed by atoms with Gasteiger partial charge in [0.05, 0.1) is 132 Å². The lowest BCUT2D eigenvalue weighted by Gasteiger charge is -2.09. The Morgan fingerprint density at radius 3 is 0.944 bits per heavy atom.